The Morgan fingerprint density at radius 3 is 2.67 bits per heavy atom. The van der Waals surface area contributed by atoms with E-state index in [0.29, 0.717) is 0 Å². The number of nitrogens with two attached hydrogens (primary N) is 1. The molecule has 1 aliphatic rings. The van der Waals surface area contributed by atoms with Gasteiger partial charge in [0.2, 0.25) is 0 Å². The monoisotopic (exact) mass is 250 g/mol. The van der Waals surface area contributed by atoms with Crippen molar-refractivity contribution < 1.29 is 15.0 Å². The maximum Gasteiger partial charge on any atom is 0.127 e. The van der Waals surface area contributed by atoms with Gasteiger partial charge in [-0.05, 0) is 19.1 Å². The average Bonchev–Trinajstić information content (AvgIpc) is 2.46. The molecule has 1 saturated heterocycles. The topological polar surface area (TPSA) is 30.3 Å². The second kappa shape index (κ2) is 6.76. The molecule has 0 spiro atoms. The van der Waals surface area contributed by atoms with Gasteiger partial charge in [0.15, 0.2) is 0 Å². The largest absolute Gasteiger partial charge is 0.496 e. The van der Waals surface area contributed by atoms with E-state index in [0.717, 1.165) is 18.3 Å². The fraction of sp³-hybridized carbons (Fsp3) is 0.600. The molecule has 0 radical (unpaired) electrons. The van der Waals surface area contributed by atoms with Gasteiger partial charge in [-0.15, -0.1) is 0 Å². The van der Waals surface area contributed by atoms with E-state index in [1.54, 1.807) is 12.0 Å². The van der Waals surface area contributed by atoms with Crippen LogP contribution in [0.15, 0.2) is 24.3 Å². The number of ether oxygens (including phenoxy) is 1. The molecule has 3 nitrogen and oxygen atoms in total. The molecule has 0 aliphatic carbocycles. The predicted molar refractivity (Wildman–Crippen MR) is 72.9 cm³/mol. The molecule has 3 heteroatoms. The van der Waals surface area contributed by atoms with Gasteiger partial charge in [-0.3, -0.25) is 0 Å². The van der Waals surface area contributed by atoms with Crippen molar-refractivity contribution in [3.63, 3.8) is 0 Å². The van der Waals surface area contributed by atoms with Gasteiger partial charge in [0, 0.05) is 18.4 Å². The van der Waals surface area contributed by atoms with Gasteiger partial charge in [0.1, 0.15) is 12.3 Å². The summed E-state index contributed by atoms with van der Waals surface area (Å²) in [7, 11) is 1.75. The van der Waals surface area contributed by atoms with Gasteiger partial charge in [0.05, 0.1) is 32.8 Å². The van der Waals surface area contributed by atoms with E-state index in [9.17, 15) is 0 Å². The maximum absolute atomic E-state index is 5.40. The van der Waals surface area contributed by atoms with Crippen molar-refractivity contribution in [1.29, 1.82) is 0 Å². The molecule has 100 valence electrons. The van der Waals surface area contributed by atoms with Crippen molar-refractivity contribution in [1.82, 2.24) is 0 Å². The first kappa shape index (κ1) is 13.4. The van der Waals surface area contributed by atoms with Crippen LogP contribution in [0.4, 0.5) is 0 Å². The third kappa shape index (κ3) is 3.47. The Balaban J connectivity index is 1.81. The molecule has 0 aromatic heterocycles. The summed E-state index contributed by atoms with van der Waals surface area (Å²) in [5, 5.41) is 2.49. The number of piperidine rings is 1. The highest BCUT2D eigenvalue weighted by Crippen LogP contribution is 2.15. The Labute approximate surface area is 110 Å². The molecule has 0 saturated carbocycles. The van der Waals surface area contributed by atoms with Crippen LogP contribution in [0.2, 0.25) is 0 Å². The van der Waals surface area contributed by atoms with Gasteiger partial charge in [0.25, 0.3) is 0 Å². The van der Waals surface area contributed by atoms with E-state index in [1.807, 2.05) is 12.1 Å². The van der Waals surface area contributed by atoms with Crippen LogP contribution in [0, 0.1) is 0 Å². The number of benzene rings is 1. The van der Waals surface area contributed by atoms with E-state index >= 15 is 0 Å². The zero-order valence-electron chi connectivity index (χ0n) is 11.6. The SMILES string of the molecule is CC[NH+]1CCC([NH2+]Cc2ccccc2OC)CC1. The van der Waals surface area contributed by atoms with Crippen LogP contribution in [-0.4, -0.2) is 32.8 Å². The van der Waals surface area contributed by atoms with Gasteiger partial charge in [-0.1, -0.05) is 12.1 Å². The molecule has 0 atom stereocenters. The Bertz CT molecular complexity index is 359. The summed E-state index contributed by atoms with van der Waals surface area (Å²) in [6.45, 7) is 7.27. The Morgan fingerprint density at radius 2 is 2.00 bits per heavy atom. The third-order valence-corrected chi connectivity index (χ3v) is 4.10. The van der Waals surface area contributed by atoms with E-state index < -0.39 is 0 Å². The number of nitrogens with one attached hydrogen (secondary N) is 1. The number of rotatable bonds is 5. The van der Waals surface area contributed by atoms with Gasteiger partial charge < -0.3 is 15.0 Å². The fourth-order valence-electron chi connectivity index (χ4n) is 2.80. The average molecular weight is 250 g/mol. The van der Waals surface area contributed by atoms with Gasteiger partial charge >= 0.3 is 0 Å². The first-order valence-corrected chi connectivity index (χ1v) is 7.12. The fourth-order valence-corrected chi connectivity index (χ4v) is 2.80. The molecule has 0 unspecified atom stereocenters. The van der Waals surface area contributed by atoms with Crippen LogP contribution in [0.25, 0.3) is 0 Å². The summed E-state index contributed by atoms with van der Waals surface area (Å²) >= 11 is 0. The Morgan fingerprint density at radius 1 is 1.28 bits per heavy atom. The quantitative estimate of drug-likeness (QED) is 0.746. The summed E-state index contributed by atoms with van der Waals surface area (Å²) < 4.78 is 5.40. The van der Waals surface area contributed by atoms with Crippen molar-refractivity contribution in [3.8, 4) is 5.75 Å². The normalized spacial score (nSPS) is 23.9. The van der Waals surface area contributed by atoms with Gasteiger partial charge in [-0.2, -0.15) is 0 Å². The number of quaternary nitrogens is 2. The number of methoxy groups -OCH3 is 1. The molecule has 1 aliphatic heterocycles. The zero-order chi connectivity index (χ0) is 12.8. The van der Waals surface area contributed by atoms with E-state index in [1.165, 1.54) is 38.0 Å². The zero-order valence-corrected chi connectivity index (χ0v) is 11.6. The van der Waals surface area contributed by atoms with Gasteiger partial charge in [-0.25, -0.2) is 0 Å². The van der Waals surface area contributed by atoms with Crippen molar-refractivity contribution >= 4 is 0 Å². The maximum atomic E-state index is 5.40. The van der Waals surface area contributed by atoms with E-state index in [-0.39, 0.29) is 0 Å². The van der Waals surface area contributed by atoms with Crippen LogP contribution < -0.4 is 15.0 Å². The third-order valence-electron chi connectivity index (χ3n) is 4.10. The number of likely N-dealkylation sites (tertiary alicyclic amines) is 1. The van der Waals surface area contributed by atoms with Crippen LogP contribution in [0.3, 0.4) is 0 Å². The summed E-state index contributed by atoms with van der Waals surface area (Å²) in [6.07, 6.45) is 2.69. The standard InChI is InChI=1S/C15H24N2O/c1-3-17-10-8-14(9-11-17)16-12-13-6-4-5-7-15(13)18-2/h4-7,14,16H,3,8-12H2,1-2H3/p+2. The number of para-hydroxylation sites is 1. The minimum Gasteiger partial charge on any atom is -0.496 e. The van der Waals surface area contributed by atoms with E-state index in [2.05, 4.69) is 24.4 Å². The number of hydrogen-bond acceptors (Lipinski definition) is 1. The molecule has 1 fully saturated rings. The summed E-state index contributed by atoms with van der Waals surface area (Å²) in [5.41, 5.74) is 1.31. The highest BCUT2D eigenvalue weighted by Gasteiger charge is 2.23. The molecular weight excluding hydrogens is 224 g/mol. The first-order chi connectivity index (χ1) is 8.83. The molecule has 1 aromatic carbocycles. The molecule has 3 N–H and O–H groups in total. The Hall–Kier alpha value is -1.06. The highest BCUT2D eigenvalue weighted by molar-refractivity contribution is 5.32. The van der Waals surface area contributed by atoms with Crippen LogP contribution in [0.1, 0.15) is 25.3 Å². The number of hydrogen-bond donors (Lipinski definition) is 2. The lowest BCUT2D eigenvalue weighted by Gasteiger charge is -2.27. The predicted octanol–water partition coefficient (Wildman–Crippen LogP) is -0.174. The van der Waals surface area contributed by atoms with Crippen molar-refractivity contribution in [2.24, 2.45) is 0 Å². The van der Waals surface area contributed by atoms with Crippen LogP contribution >= 0.6 is 0 Å². The molecule has 0 amide bonds. The van der Waals surface area contributed by atoms with Crippen molar-refractivity contribution in [2.45, 2.75) is 32.4 Å². The smallest absolute Gasteiger partial charge is 0.127 e. The molecule has 2 rings (SSSR count). The van der Waals surface area contributed by atoms with Crippen LogP contribution in [-0.2, 0) is 6.54 Å². The lowest BCUT2D eigenvalue weighted by atomic mass is 10.0. The first-order valence-electron chi connectivity index (χ1n) is 7.12. The molecule has 1 heterocycles. The van der Waals surface area contributed by atoms with Crippen molar-refractivity contribution in [3.05, 3.63) is 29.8 Å². The highest BCUT2D eigenvalue weighted by atomic mass is 16.5. The summed E-state index contributed by atoms with van der Waals surface area (Å²) in [6, 6.07) is 9.14. The summed E-state index contributed by atoms with van der Waals surface area (Å²) in [4.78, 5) is 1.76. The Kier molecular flexibility index (Phi) is 5.02. The molecule has 18 heavy (non-hydrogen) atoms. The lowest BCUT2D eigenvalue weighted by Crippen LogP contribution is -3.14. The van der Waals surface area contributed by atoms with Crippen LogP contribution in [0.5, 0.6) is 5.75 Å². The molecule has 0 bridgehead atoms. The van der Waals surface area contributed by atoms with E-state index in [4.69, 9.17) is 4.74 Å². The van der Waals surface area contributed by atoms with Crippen molar-refractivity contribution in [2.75, 3.05) is 26.7 Å². The second-order valence-corrected chi connectivity index (χ2v) is 5.19. The summed E-state index contributed by atoms with van der Waals surface area (Å²) in [5.74, 6) is 1.02. The minimum atomic E-state index is 0.796. The molecular formula is C15H26N2O+2. The second-order valence-electron chi connectivity index (χ2n) is 5.19. The molecule has 1 aromatic rings. The lowest BCUT2D eigenvalue weighted by molar-refractivity contribution is -0.912. The minimum absolute atomic E-state index is 0.796.